The largest absolute Gasteiger partial charge is 0.497 e. The van der Waals surface area contributed by atoms with Gasteiger partial charge < -0.3 is 9.15 Å². The maximum absolute atomic E-state index is 13.2. The van der Waals surface area contributed by atoms with Crippen LogP contribution in [0.4, 0.5) is 5.13 Å². The summed E-state index contributed by atoms with van der Waals surface area (Å²) in [7, 11) is -2.36. The number of fused-ring (bicyclic) bond motifs is 1. The lowest BCUT2D eigenvalue weighted by molar-refractivity contribution is -0.116. The number of carbonyl (C=O) groups is 1. The van der Waals surface area contributed by atoms with Crippen molar-refractivity contribution in [2.24, 2.45) is 0 Å². The van der Waals surface area contributed by atoms with Crippen molar-refractivity contribution in [1.29, 1.82) is 0 Å². The summed E-state index contributed by atoms with van der Waals surface area (Å²) in [5.41, 5.74) is 1.93. The summed E-state index contributed by atoms with van der Waals surface area (Å²) < 4.78 is 37.2. The minimum Gasteiger partial charge on any atom is -0.497 e. The first-order chi connectivity index (χ1) is 15.4. The van der Waals surface area contributed by atoms with Crippen LogP contribution in [0.1, 0.15) is 18.2 Å². The maximum atomic E-state index is 13.2. The van der Waals surface area contributed by atoms with Gasteiger partial charge in [0.25, 0.3) is 0 Å². The van der Waals surface area contributed by atoms with Gasteiger partial charge in [-0.2, -0.15) is 0 Å². The maximum Gasteiger partial charge on any atom is 0.244 e. The SMILES string of the molecule is CCc1ccc2nc(N(Cc3ccco3)C(=O)CS(=O)(=O)c3ccc(OC)cc3)sc2c1. The Morgan fingerprint density at radius 1 is 1.16 bits per heavy atom. The second-order valence-corrected chi connectivity index (χ2v) is 10.1. The lowest BCUT2D eigenvalue weighted by Crippen LogP contribution is -2.35. The molecule has 1 amide bonds. The lowest BCUT2D eigenvalue weighted by Gasteiger charge is -2.18. The van der Waals surface area contributed by atoms with Crippen LogP contribution in [0.15, 0.2) is 70.2 Å². The van der Waals surface area contributed by atoms with Crippen LogP contribution in [0.5, 0.6) is 5.75 Å². The van der Waals surface area contributed by atoms with Crippen molar-refractivity contribution in [2.75, 3.05) is 17.8 Å². The number of nitrogens with zero attached hydrogens (tertiary/aromatic N) is 2. The van der Waals surface area contributed by atoms with Crippen LogP contribution in [0.3, 0.4) is 0 Å². The molecule has 4 aromatic rings. The van der Waals surface area contributed by atoms with Gasteiger partial charge >= 0.3 is 0 Å². The van der Waals surface area contributed by atoms with Gasteiger partial charge in [0.15, 0.2) is 15.0 Å². The third kappa shape index (κ3) is 4.68. The number of benzene rings is 2. The van der Waals surface area contributed by atoms with Gasteiger partial charge in [0, 0.05) is 0 Å². The minimum atomic E-state index is -3.86. The number of sulfone groups is 1. The van der Waals surface area contributed by atoms with E-state index in [2.05, 4.69) is 11.9 Å². The first kappa shape index (κ1) is 22.0. The van der Waals surface area contributed by atoms with Gasteiger partial charge in [-0.1, -0.05) is 24.3 Å². The van der Waals surface area contributed by atoms with Gasteiger partial charge in [0.2, 0.25) is 5.91 Å². The van der Waals surface area contributed by atoms with E-state index in [-0.39, 0.29) is 11.4 Å². The Labute approximate surface area is 190 Å². The second kappa shape index (κ2) is 9.13. The summed E-state index contributed by atoms with van der Waals surface area (Å²) >= 11 is 1.35. The van der Waals surface area contributed by atoms with E-state index in [1.54, 1.807) is 24.3 Å². The number of amides is 1. The smallest absolute Gasteiger partial charge is 0.244 e. The zero-order chi connectivity index (χ0) is 22.7. The van der Waals surface area contributed by atoms with Crippen LogP contribution in [0.25, 0.3) is 10.2 Å². The average molecular weight is 471 g/mol. The molecule has 0 aliphatic heterocycles. The predicted molar refractivity (Wildman–Crippen MR) is 124 cm³/mol. The molecule has 7 nitrogen and oxygen atoms in total. The Bertz CT molecular complexity index is 1330. The van der Waals surface area contributed by atoms with Crippen LogP contribution in [0.2, 0.25) is 0 Å². The van der Waals surface area contributed by atoms with E-state index in [0.717, 1.165) is 16.6 Å². The molecule has 0 radical (unpaired) electrons. The summed E-state index contributed by atoms with van der Waals surface area (Å²) in [6.45, 7) is 2.16. The molecule has 0 spiro atoms. The fraction of sp³-hybridized carbons (Fsp3) is 0.217. The standard InChI is InChI=1S/C23H22N2O5S2/c1-3-16-6-11-20-21(13-16)31-23(24-20)25(14-18-5-4-12-30-18)22(26)15-32(27,28)19-9-7-17(29-2)8-10-19/h4-13H,3,14-15H2,1-2H3. The van der Waals surface area contributed by atoms with E-state index >= 15 is 0 Å². The zero-order valence-electron chi connectivity index (χ0n) is 17.6. The molecule has 0 aliphatic carbocycles. The highest BCUT2D eigenvalue weighted by atomic mass is 32.2. The Balaban J connectivity index is 1.66. The molecule has 0 aliphatic rings. The first-order valence-electron chi connectivity index (χ1n) is 9.98. The van der Waals surface area contributed by atoms with Crippen molar-refractivity contribution in [3.8, 4) is 5.75 Å². The molecular weight excluding hydrogens is 448 g/mol. The predicted octanol–water partition coefficient (Wildman–Crippen LogP) is 4.47. The molecule has 166 valence electrons. The Kier molecular flexibility index (Phi) is 6.29. The molecule has 0 saturated carbocycles. The fourth-order valence-corrected chi connectivity index (χ4v) is 5.46. The van der Waals surface area contributed by atoms with Gasteiger partial charge in [-0.3, -0.25) is 9.69 Å². The van der Waals surface area contributed by atoms with Crippen LogP contribution in [-0.2, 0) is 27.6 Å². The lowest BCUT2D eigenvalue weighted by atomic mass is 10.2. The fourth-order valence-electron chi connectivity index (χ4n) is 3.22. The molecule has 0 atom stereocenters. The number of rotatable bonds is 8. The van der Waals surface area contributed by atoms with E-state index in [9.17, 15) is 13.2 Å². The molecule has 0 N–H and O–H groups in total. The van der Waals surface area contributed by atoms with Crippen LogP contribution in [0, 0.1) is 0 Å². The van der Waals surface area contributed by atoms with Crippen molar-refractivity contribution in [1.82, 2.24) is 4.98 Å². The van der Waals surface area contributed by atoms with E-state index in [0.29, 0.717) is 16.6 Å². The molecule has 9 heteroatoms. The first-order valence-corrected chi connectivity index (χ1v) is 12.5. The number of anilines is 1. The highest BCUT2D eigenvalue weighted by molar-refractivity contribution is 7.92. The summed E-state index contributed by atoms with van der Waals surface area (Å²) in [5, 5.41) is 0.430. The summed E-state index contributed by atoms with van der Waals surface area (Å²) in [6.07, 6.45) is 2.40. The van der Waals surface area contributed by atoms with E-state index in [1.807, 2.05) is 18.2 Å². The number of furan rings is 1. The molecule has 0 bridgehead atoms. The minimum absolute atomic E-state index is 0.0569. The number of hydrogen-bond donors (Lipinski definition) is 0. The highest BCUT2D eigenvalue weighted by Gasteiger charge is 2.27. The van der Waals surface area contributed by atoms with Crippen molar-refractivity contribution in [2.45, 2.75) is 24.8 Å². The number of aryl methyl sites for hydroxylation is 1. The van der Waals surface area contributed by atoms with Crippen molar-refractivity contribution < 1.29 is 22.4 Å². The normalized spacial score (nSPS) is 11.6. The van der Waals surface area contributed by atoms with Crippen LogP contribution < -0.4 is 9.64 Å². The summed E-state index contributed by atoms with van der Waals surface area (Å²) in [6, 6.07) is 15.4. The quantitative estimate of drug-likeness (QED) is 0.378. The van der Waals surface area contributed by atoms with Crippen LogP contribution in [-0.4, -0.2) is 32.2 Å². The molecule has 0 unspecified atom stereocenters. The number of carbonyl (C=O) groups excluding carboxylic acids is 1. The molecule has 0 saturated heterocycles. The van der Waals surface area contributed by atoms with Crippen molar-refractivity contribution in [3.63, 3.8) is 0 Å². The van der Waals surface area contributed by atoms with Gasteiger partial charge in [-0.05, 0) is 60.5 Å². The molecule has 2 aromatic heterocycles. The average Bonchev–Trinajstić information content (AvgIpc) is 3.46. The van der Waals surface area contributed by atoms with Gasteiger partial charge in [0.05, 0.1) is 35.0 Å². The number of aromatic nitrogens is 1. The van der Waals surface area contributed by atoms with Crippen molar-refractivity contribution >= 4 is 42.4 Å². The number of thiazole rings is 1. The Hall–Kier alpha value is -3.17. The van der Waals surface area contributed by atoms with E-state index in [4.69, 9.17) is 9.15 Å². The third-order valence-corrected chi connectivity index (χ3v) is 7.67. The Morgan fingerprint density at radius 2 is 1.94 bits per heavy atom. The third-order valence-electron chi connectivity index (χ3n) is 5.01. The summed E-state index contributed by atoms with van der Waals surface area (Å²) in [5.74, 6) is -0.188. The monoisotopic (exact) mass is 470 g/mol. The molecule has 4 rings (SSSR count). The van der Waals surface area contributed by atoms with E-state index in [1.165, 1.54) is 47.3 Å². The number of ether oxygens (including phenoxy) is 1. The Morgan fingerprint density at radius 3 is 2.59 bits per heavy atom. The summed E-state index contributed by atoms with van der Waals surface area (Å²) in [4.78, 5) is 19.2. The van der Waals surface area contributed by atoms with Crippen molar-refractivity contribution in [3.05, 3.63) is 72.2 Å². The van der Waals surface area contributed by atoms with E-state index < -0.39 is 21.5 Å². The zero-order valence-corrected chi connectivity index (χ0v) is 19.3. The highest BCUT2D eigenvalue weighted by Crippen LogP contribution is 2.31. The van der Waals surface area contributed by atoms with Gasteiger partial charge in [0.1, 0.15) is 17.3 Å². The van der Waals surface area contributed by atoms with Crippen LogP contribution >= 0.6 is 11.3 Å². The molecule has 32 heavy (non-hydrogen) atoms. The number of hydrogen-bond acceptors (Lipinski definition) is 7. The molecule has 0 fully saturated rings. The van der Waals surface area contributed by atoms with Gasteiger partial charge in [-0.15, -0.1) is 0 Å². The number of methoxy groups -OCH3 is 1. The van der Waals surface area contributed by atoms with Gasteiger partial charge in [-0.25, -0.2) is 13.4 Å². The molecule has 2 heterocycles. The molecule has 2 aromatic carbocycles. The molecular formula is C23H22N2O5S2. The topological polar surface area (TPSA) is 89.7 Å². The second-order valence-electron chi connectivity index (χ2n) is 7.15.